The number of hydrogen-bond donors (Lipinski definition) is 5. The van der Waals surface area contributed by atoms with Crippen LogP contribution < -0.4 is 27.3 Å². The first-order chi connectivity index (χ1) is 14.6. The summed E-state index contributed by atoms with van der Waals surface area (Å²) < 4.78 is 5.73. The molecule has 7 heteroatoms. The molecule has 0 aliphatic heterocycles. The Kier molecular flexibility index (Phi) is 22.9. The first kappa shape index (κ1) is 29.9. The lowest BCUT2D eigenvalue weighted by Crippen LogP contribution is -2.22. The van der Waals surface area contributed by atoms with E-state index in [9.17, 15) is 0 Å². The Hall–Kier alpha value is -2.28. The lowest BCUT2D eigenvalue weighted by atomic mass is 10.1. The normalized spacial score (nSPS) is 9.47. The summed E-state index contributed by atoms with van der Waals surface area (Å²) in [6.07, 6.45) is 7.94. The van der Waals surface area contributed by atoms with E-state index in [2.05, 4.69) is 10.3 Å². The molecule has 1 aromatic carbocycles. The number of guanidine groups is 1. The quantitative estimate of drug-likeness (QED) is 0.165. The van der Waals surface area contributed by atoms with Gasteiger partial charge in [-0.25, -0.2) is 0 Å². The molecule has 0 aromatic heterocycles. The van der Waals surface area contributed by atoms with Gasteiger partial charge in [-0.1, -0.05) is 59.1 Å². The third-order valence-electron chi connectivity index (χ3n) is 3.99. The summed E-state index contributed by atoms with van der Waals surface area (Å²) in [5.41, 5.74) is 16.8. The number of aliphatic imine (C=N–C) groups is 1. The SMILES string of the molecule is CC.CC.N=C(N)c1ccccc1OCCCCNCCCCCCCN=C(N)N. The maximum absolute atomic E-state index is 7.54. The van der Waals surface area contributed by atoms with Crippen LogP contribution in [0, 0.1) is 5.41 Å². The lowest BCUT2D eigenvalue weighted by Gasteiger charge is -2.10. The molecule has 0 aliphatic rings. The van der Waals surface area contributed by atoms with Gasteiger partial charge in [0.15, 0.2) is 5.96 Å². The molecule has 0 bridgehead atoms. The standard InChI is InChI=1S/C19H34N6O.2C2H6/c20-18(21)16-10-4-5-11-17(16)26-15-9-8-13-24-12-6-2-1-3-7-14-25-19(22)23;2*1-2/h4-5,10-11,24H,1-3,6-9,12-15H2,(H3,20,21)(H4,22,23,25);2*1-2H3. The first-order valence-corrected chi connectivity index (χ1v) is 11.4. The van der Waals surface area contributed by atoms with Crippen LogP contribution in [0.2, 0.25) is 0 Å². The highest BCUT2D eigenvalue weighted by atomic mass is 16.5. The minimum atomic E-state index is 0.0403. The number of nitrogens with two attached hydrogens (primary N) is 3. The van der Waals surface area contributed by atoms with Gasteiger partial charge in [-0.3, -0.25) is 10.4 Å². The topological polar surface area (TPSA) is 136 Å². The molecule has 0 fully saturated rings. The average Bonchev–Trinajstić information content (AvgIpc) is 2.76. The summed E-state index contributed by atoms with van der Waals surface area (Å²) in [6.45, 7) is 11.4. The number of unbranched alkanes of at least 4 members (excludes halogenated alkanes) is 5. The van der Waals surface area contributed by atoms with Gasteiger partial charge in [-0.15, -0.1) is 0 Å². The van der Waals surface area contributed by atoms with Crippen LogP contribution in [0.3, 0.4) is 0 Å². The Morgan fingerprint density at radius 3 is 2.07 bits per heavy atom. The van der Waals surface area contributed by atoms with Crippen LogP contribution in [0.15, 0.2) is 29.3 Å². The minimum absolute atomic E-state index is 0.0403. The van der Waals surface area contributed by atoms with Crippen molar-refractivity contribution in [3.8, 4) is 5.75 Å². The maximum Gasteiger partial charge on any atom is 0.185 e. The van der Waals surface area contributed by atoms with Gasteiger partial charge < -0.3 is 27.3 Å². The Balaban J connectivity index is 0. The monoisotopic (exact) mass is 422 g/mol. The van der Waals surface area contributed by atoms with E-state index in [0.717, 1.165) is 38.9 Å². The Morgan fingerprint density at radius 2 is 1.43 bits per heavy atom. The van der Waals surface area contributed by atoms with E-state index in [4.69, 9.17) is 27.3 Å². The highest BCUT2D eigenvalue weighted by molar-refractivity contribution is 5.97. The van der Waals surface area contributed by atoms with Crippen molar-refractivity contribution in [3.63, 3.8) is 0 Å². The summed E-state index contributed by atoms with van der Waals surface area (Å²) >= 11 is 0. The van der Waals surface area contributed by atoms with E-state index in [-0.39, 0.29) is 11.8 Å². The molecule has 174 valence electrons. The Bertz CT molecular complexity index is 544. The summed E-state index contributed by atoms with van der Waals surface area (Å²) in [5, 5.41) is 11.0. The lowest BCUT2D eigenvalue weighted by molar-refractivity contribution is 0.305. The van der Waals surface area contributed by atoms with Crippen LogP contribution in [-0.4, -0.2) is 38.0 Å². The molecule has 1 rings (SSSR count). The molecule has 7 nitrogen and oxygen atoms in total. The number of benzene rings is 1. The zero-order valence-corrected chi connectivity index (χ0v) is 19.7. The van der Waals surface area contributed by atoms with Crippen LogP contribution in [0.4, 0.5) is 0 Å². The molecule has 0 heterocycles. The van der Waals surface area contributed by atoms with Gasteiger partial charge in [0.25, 0.3) is 0 Å². The fraction of sp³-hybridized carbons (Fsp3) is 0.652. The fourth-order valence-corrected chi connectivity index (χ4v) is 2.57. The van der Waals surface area contributed by atoms with E-state index in [1.165, 1.54) is 25.7 Å². The molecule has 0 unspecified atom stereocenters. The summed E-state index contributed by atoms with van der Waals surface area (Å²) in [5.74, 6) is 0.911. The number of amidine groups is 1. The molecular formula is C23H46N6O. The van der Waals surface area contributed by atoms with Gasteiger partial charge >= 0.3 is 0 Å². The molecule has 0 radical (unpaired) electrons. The molecular weight excluding hydrogens is 376 g/mol. The number of nitrogens with zero attached hydrogens (tertiary/aromatic N) is 1. The van der Waals surface area contributed by atoms with E-state index >= 15 is 0 Å². The van der Waals surface area contributed by atoms with E-state index in [1.807, 2.05) is 45.9 Å². The molecule has 0 aliphatic carbocycles. The fourth-order valence-electron chi connectivity index (χ4n) is 2.57. The Labute approximate surface area is 184 Å². The summed E-state index contributed by atoms with van der Waals surface area (Å²) in [7, 11) is 0. The average molecular weight is 423 g/mol. The number of rotatable bonds is 15. The number of hydrogen-bond acceptors (Lipinski definition) is 4. The predicted molar refractivity (Wildman–Crippen MR) is 132 cm³/mol. The van der Waals surface area contributed by atoms with Crippen molar-refractivity contribution in [2.24, 2.45) is 22.2 Å². The van der Waals surface area contributed by atoms with Crippen molar-refractivity contribution in [2.45, 2.75) is 72.6 Å². The number of para-hydroxylation sites is 1. The van der Waals surface area contributed by atoms with Gasteiger partial charge in [0, 0.05) is 6.54 Å². The van der Waals surface area contributed by atoms with Crippen LogP contribution in [0.1, 0.15) is 78.2 Å². The minimum Gasteiger partial charge on any atom is -0.493 e. The highest BCUT2D eigenvalue weighted by Crippen LogP contribution is 2.17. The molecule has 0 amide bonds. The van der Waals surface area contributed by atoms with Gasteiger partial charge in [0.1, 0.15) is 11.6 Å². The van der Waals surface area contributed by atoms with Crippen molar-refractivity contribution in [1.82, 2.24) is 5.32 Å². The van der Waals surface area contributed by atoms with Crippen LogP contribution in [0.25, 0.3) is 0 Å². The van der Waals surface area contributed by atoms with Crippen molar-refractivity contribution in [2.75, 3.05) is 26.2 Å². The molecule has 30 heavy (non-hydrogen) atoms. The summed E-state index contributed by atoms with van der Waals surface area (Å²) in [6, 6.07) is 7.41. The molecule has 0 saturated carbocycles. The molecule has 1 aromatic rings. The van der Waals surface area contributed by atoms with Crippen LogP contribution >= 0.6 is 0 Å². The third-order valence-corrected chi connectivity index (χ3v) is 3.99. The second-order valence-corrected chi connectivity index (χ2v) is 6.29. The van der Waals surface area contributed by atoms with Gasteiger partial charge in [-0.2, -0.15) is 0 Å². The second-order valence-electron chi connectivity index (χ2n) is 6.29. The van der Waals surface area contributed by atoms with Crippen molar-refractivity contribution in [3.05, 3.63) is 29.8 Å². The molecule has 8 N–H and O–H groups in total. The van der Waals surface area contributed by atoms with Gasteiger partial charge in [0.2, 0.25) is 0 Å². The van der Waals surface area contributed by atoms with Crippen LogP contribution in [-0.2, 0) is 0 Å². The molecule has 0 atom stereocenters. The van der Waals surface area contributed by atoms with Crippen molar-refractivity contribution in [1.29, 1.82) is 5.41 Å². The van der Waals surface area contributed by atoms with E-state index in [0.29, 0.717) is 17.9 Å². The number of ether oxygens (including phenoxy) is 1. The third kappa shape index (κ3) is 17.8. The second kappa shape index (κ2) is 23.0. The van der Waals surface area contributed by atoms with E-state index in [1.54, 1.807) is 6.07 Å². The molecule has 0 saturated heterocycles. The van der Waals surface area contributed by atoms with Gasteiger partial charge in [0.05, 0.1) is 12.2 Å². The maximum atomic E-state index is 7.54. The highest BCUT2D eigenvalue weighted by Gasteiger charge is 2.04. The summed E-state index contributed by atoms with van der Waals surface area (Å²) in [4.78, 5) is 3.97. The van der Waals surface area contributed by atoms with Crippen LogP contribution in [0.5, 0.6) is 5.75 Å². The largest absolute Gasteiger partial charge is 0.493 e. The number of nitrogens with one attached hydrogen (secondary N) is 2. The van der Waals surface area contributed by atoms with Crippen molar-refractivity contribution < 1.29 is 4.74 Å². The number of nitrogen functional groups attached to an aromatic ring is 1. The van der Waals surface area contributed by atoms with Crippen molar-refractivity contribution >= 4 is 11.8 Å². The smallest absolute Gasteiger partial charge is 0.185 e. The molecule has 0 spiro atoms. The zero-order valence-electron chi connectivity index (χ0n) is 19.7. The first-order valence-electron chi connectivity index (χ1n) is 11.4. The Morgan fingerprint density at radius 1 is 0.867 bits per heavy atom. The zero-order chi connectivity index (χ0) is 23.0. The predicted octanol–water partition coefficient (Wildman–Crippen LogP) is 4.00. The van der Waals surface area contributed by atoms with E-state index < -0.39 is 0 Å². The van der Waals surface area contributed by atoms with Gasteiger partial charge in [-0.05, 0) is 50.9 Å².